The van der Waals surface area contributed by atoms with Gasteiger partial charge in [-0.3, -0.25) is 0 Å². The predicted octanol–water partition coefficient (Wildman–Crippen LogP) is 2.79. The van der Waals surface area contributed by atoms with E-state index in [2.05, 4.69) is 36.6 Å². The van der Waals surface area contributed by atoms with Gasteiger partial charge in [0.15, 0.2) is 0 Å². The van der Waals surface area contributed by atoms with Crippen LogP contribution in [0.25, 0.3) is 0 Å². The summed E-state index contributed by atoms with van der Waals surface area (Å²) in [7, 11) is -3.52. The number of hydrogen-bond acceptors (Lipinski definition) is 3. The van der Waals surface area contributed by atoms with Gasteiger partial charge in [0.05, 0.1) is 11.0 Å². The lowest BCUT2D eigenvalue weighted by Gasteiger charge is -2.26. The molecule has 1 fully saturated rings. The third-order valence-electron chi connectivity index (χ3n) is 3.20. The summed E-state index contributed by atoms with van der Waals surface area (Å²) in [6.45, 7) is 0. The normalized spacial score (nSPS) is 24.4. The van der Waals surface area contributed by atoms with Gasteiger partial charge in [-0.2, -0.15) is 0 Å². The molecule has 1 aliphatic carbocycles. The van der Waals surface area contributed by atoms with Crippen molar-refractivity contribution in [2.45, 2.75) is 42.7 Å². The second kappa shape index (κ2) is 6.22. The molecule has 0 amide bonds. The number of benzene rings is 1. The Labute approximate surface area is 129 Å². The van der Waals surface area contributed by atoms with E-state index in [-0.39, 0.29) is 17.0 Å². The zero-order valence-electron chi connectivity index (χ0n) is 10.1. The summed E-state index contributed by atoms with van der Waals surface area (Å²) in [4.78, 5) is 0.238. The average Bonchev–Trinajstić information content (AvgIpc) is 2.31. The molecule has 0 bridgehead atoms. The van der Waals surface area contributed by atoms with Crippen LogP contribution in [0.3, 0.4) is 0 Å². The quantitative estimate of drug-likeness (QED) is 0.802. The van der Waals surface area contributed by atoms with E-state index in [0.717, 1.165) is 4.47 Å². The smallest absolute Gasteiger partial charge is 0.241 e. The van der Waals surface area contributed by atoms with Gasteiger partial charge in [0.25, 0.3) is 0 Å². The lowest BCUT2D eigenvalue weighted by Crippen LogP contribution is -2.38. The number of nitrogens with one attached hydrogen (secondary N) is 1. The molecule has 4 nitrogen and oxygen atoms in total. The first-order valence-electron chi connectivity index (χ1n) is 6.04. The first kappa shape index (κ1) is 15.4. The lowest BCUT2D eigenvalue weighted by molar-refractivity contribution is 0.120. The first-order valence-corrected chi connectivity index (χ1v) is 9.11. The number of hydrogen-bond donors (Lipinski definition) is 2. The standard InChI is InChI=1S/C12H15Br2NO3S/c13-8-1-6-12(11(14)7-8)19(17,18)15-9-2-4-10(16)5-3-9/h1,6-7,9-10,15-16H,2-5H2. The van der Waals surface area contributed by atoms with Crippen LogP contribution in [0.1, 0.15) is 25.7 Å². The number of aliphatic hydroxyl groups is 1. The monoisotopic (exact) mass is 411 g/mol. The highest BCUT2D eigenvalue weighted by atomic mass is 79.9. The van der Waals surface area contributed by atoms with Crippen molar-refractivity contribution in [3.63, 3.8) is 0 Å². The largest absolute Gasteiger partial charge is 0.393 e. The van der Waals surface area contributed by atoms with E-state index in [1.54, 1.807) is 18.2 Å². The maximum atomic E-state index is 12.3. The van der Waals surface area contributed by atoms with E-state index < -0.39 is 10.0 Å². The Kier molecular flexibility index (Phi) is 5.05. The summed E-state index contributed by atoms with van der Waals surface area (Å²) in [5.74, 6) is 0. The van der Waals surface area contributed by atoms with E-state index >= 15 is 0 Å². The molecule has 7 heteroatoms. The van der Waals surface area contributed by atoms with E-state index in [1.807, 2.05) is 0 Å². The molecule has 0 aliphatic heterocycles. The highest BCUT2D eigenvalue weighted by molar-refractivity contribution is 9.11. The van der Waals surface area contributed by atoms with Gasteiger partial charge in [0.1, 0.15) is 0 Å². The minimum absolute atomic E-state index is 0.0936. The SMILES string of the molecule is O=S(=O)(NC1CCC(O)CC1)c1ccc(Br)cc1Br. The van der Waals surface area contributed by atoms with E-state index in [9.17, 15) is 13.5 Å². The van der Waals surface area contributed by atoms with Crippen LogP contribution in [0.4, 0.5) is 0 Å². The summed E-state index contributed by atoms with van der Waals surface area (Å²) >= 11 is 6.56. The van der Waals surface area contributed by atoms with Crippen LogP contribution in [0.2, 0.25) is 0 Å². The van der Waals surface area contributed by atoms with Crippen LogP contribution in [-0.4, -0.2) is 25.7 Å². The fraction of sp³-hybridized carbons (Fsp3) is 0.500. The molecule has 0 unspecified atom stereocenters. The summed E-state index contributed by atoms with van der Waals surface area (Å²) in [6, 6.07) is 4.88. The summed E-state index contributed by atoms with van der Waals surface area (Å²) < 4.78 is 28.6. The van der Waals surface area contributed by atoms with Crippen molar-refractivity contribution in [2.24, 2.45) is 0 Å². The molecule has 0 saturated heterocycles. The summed E-state index contributed by atoms with van der Waals surface area (Å²) in [5.41, 5.74) is 0. The number of rotatable bonds is 3. The van der Waals surface area contributed by atoms with E-state index in [0.29, 0.717) is 30.2 Å². The lowest BCUT2D eigenvalue weighted by atomic mass is 9.94. The molecule has 2 rings (SSSR count). The number of sulfonamides is 1. The van der Waals surface area contributed by atoms with Crippen molar-refractivity contribution in [2.75, 3.05) is 0 Å². The van der Waals surface area contributed by atoms with Gasteiger partial charge in [-0.05, 0) is 59.8 Å². The third-order valence-corrected chi connectivity index (χ3v) is 6.19. The van der Waals surface area contributed by atoms with Crippen LogP contribution in [0, 0.1) is 0 Å². The molecule has 1 aromatic rings. The Morgan fingerprint density at radius 2 is 1.79 bits per heavy atom. The molecule has 106 valence electrons. The zero-order chi connectivity index (χ0) is 14.0. The molecule has 0 aromatic heterocycles. The Morgan fingerprint density at radius 3 is 2.37 bits per heavy atom. The maximum Gasteiger partial charge on any atom is 0.241 e. The fourth-order valence-electron chi connectivity index (χ4n) is 2.17. The Morgan fingerprint density at radius 1 is 1.16 bits per heavy atom. The van der Waals surface area contributed by atoms with Crippen LogP contribution >= 0.6 is 31.9 Å². The molecule has 2 N–H and O–H groups in total. The molecule has 0 atom stereocenters. The van der Waals surface area contributed by atoms with Crippen molar-refractivity contribution in [1.29, 1.82) is 0 Å². The van der Waals surface area contributed by atoms with Gasteiger partial charge in [-0.15, -0.1) is 0 Å². The number of halogens is 2. The van der Waals surface area contributed by atoms with Gasteiger partial charge < -0.3 is 5.11 Å². The van der Waals surface area contributed by atoms with Crippen molar-refractivity contribution < 1.29 is 13.5 Å². The Bertz CT molecular complexity index is 554. The highest BCUT2D eigenvalue weighted by Gasteiger charge is 2.25. The van der Waals surface area contributed by atoms with Crippen molar-refractivity contribution >= 4 is 41.9 Å². The maximum absolute atomic E-state index is 12.3. The average molecular weight is 413 g/mol. The predicted molar refractivity (Wildman–Crippen MR) is 80.4 cm³/mol. The van der Waals surface area contributed by atoms with Gasteiger partial charge in [0, 0.05) is 15.0 Å². The van der Waals surface area contributed by atoms with E-state index in [4.69, 9.17) is 0 Å². The summed E-state index contributed by atoms with van der Waals surface area (Å²) in [5, 5.41) is 9.43. The van der Waals surface area contributed by atoms with Crippen molar-refractivity contribution in [3.8, 4) is 0 Å². The molecule has 0 heterocycles. The Balaban J connectivity index is 2.14. The minimum Gasteiger partial charge on any atom is -0.393 e. The van der Waals surface area contributed by atoms with Crippen molar-refractivity contribution in [3.05, 3.63) is 27.1 Å². The Hall–Kier alpha value is 0.0500. The van der Waals surface area contributed by atoms with E-state index in [1.165, 1.54) is 0 Å². The minimum atomic E-state index is -3.52. The van der Waals surface area contributed by atoms with Crippen LogP contribution in [-0.2, 0) is 10.0 Å². The van der Waals surface area contributed by atoms with Gasteiger partial charge >= 0.3 is 0 Å². The van der Waals surface area contributed by atoms with Gasteiger partial charge in [0.2, 0.25) is 10.0 Å². The topological polar surface area (TPSA) is 66.4 Å². The highest BCUT2D eigenvalue weighted by Crippen LogP contribution is 2.27. The van der Waals surface area contributed by atoms with Crippen molar-refractivity contribution in [1.82, 2.24) is 4.72 Å². The molecule has 19 heavy (non-hydrogen) atoms. The fourth-order valence-corrected chi connectivity index (χ4v) is 5.22. The molecule has 1 aliphatic rings. The second-order valence-electron chi connectivity index (χ2n) is 4.70. The van der Waals surface area contributed by atoms with Gasteiger partial charge in [-0.1, -0.05) is 15.9 Å². The zero-order valence-corrected chi connectivity index (χ0v) is 14.1. The second-order valence-corrected chi connectivity index (χ2v) is 8.15. The molecule has 0 spiro atoms. The van der Waals surface area contributed by atoms with Gasteiger partial charge in [-0.25, -0.2) is 13.1 Å². The molecule has 1 saturated carbocycles. The first-order chi connectivity index (χ1) is 8.88. The molecular weight excluding hydrogens is 398 g/mol. The summed E-state index contributed by atoms with van der Waals surface area (Å²) in [6.07, 6.45) is 2.35. The van der Waals surface area contributed by atoms with Crippen LogP contribution < -0.4 is 4.72 Å². The molecular formula is C12H15Br2NO3S. The molecule has 0 radical (unpaired) electrons. The van der Waals surface area contributed by atoms with Crippen LogP contribution in [0.15, 0.2) is 32.0 Å². The third kappa shape index (κ3) is 4.01. The van der Waals surface area contributed by atoms with Crippen LogP contribution in [0.5, 0.6) is 0 Å². The number of aliphatic hydroxyl groups excluding tert-OH is 1. The molecule has 1 aromatic carbocycles.